The molecule has 0 aliphatic heterocycles. The van der Waals surface area contributed by atoms with Crippen LogP contribution in [-0.4, -0.2) is 39.6 Å². The minimum absolute atomic E-state index is 0.0721. The van der Waals surface area contributed by atoms with Gasteiger partial charge in [-0.05, 0) is 25.0 Å². The van der Waals surface area contributed by atoms with Crippen molar-refractivity contribution >= 4 is 17.7 Å². The van der Waals surface area contributed by atoms with Gasteiger partial charge in [-0.1, -0.05) is 43.2 Å². The van der Waals surface area contributed by atoms with Crippen molar-refractivity contribution in [3.63, 3.8) is 0 Å². The summed E-state index contributed by atoms with van der Waals surface area (Å²) in [4.78, 5) is 12.2. The fraction of sp³-hybridized carbons (Fsp3) is 0.500. The number of rotatable bonds is 6. The van der Waals surface area contributed by atoms with E-state index in [1.54, 1.807) is 7.11 Å². The number of nitrogens with one attached hydrogen (secondary N) is 1. The molecule has 0 radical (unpaired) electrons. The predicted octanol–water partition coefficient (Wildman–Crippen LogP) is 3.03. The zero-order chi connectivity index (χ0) is 17.6. The summed E-state index contributed by atoms with van der Waals surface area (Å²) in [6, 6.07) is 8.05. The van der Waals surface area contributed by atoms with Gasteiger partial charge in [-0.15, -0.1) is 10.2 Å². The molecule has 3 rings (SSSR count). The Balaban J connectivity index is 1.60. The number of carbonyl (C=O) groups is 1. The number of thioether (sulfide) groups is 1. The van der Waals surface area contributed by atoms with Crippen LogP contribution in [0.25, 0.3) is 11.4 Å². The number of hydrogen-bond donors (Lipinski definition) is 1. The van der Waals surface area contributed by atoms with E-state index in [2.05, 4.69) is 15.5 Å². The van der Waals surface area contributed by atoms with Gasteiger partial charge in [0, 0.05) is 18.7 Å². The molecule has 1 saturated carbocycles. The van der Waals surface area contributed by atoms with Gasteiger partial charge in [-0.3, -0.25) is 4.79 Å². The van der Waals surface area contributed by atoms with Crippen molar-refractivity contribution in [3.05, 3.63) is 24.3 Å². The van der Waals surface area contributed by atoms with Crippen molar-refractivity contribution in [1.82, 2.24) is 20.1 Å². The van der Waals surface area contributed by atoms with E-state index in [0.29, 0.717) is 11.8 Å². The molecule has 1 aromatic heterocycles. The average Bonchev–Trinajstić information content (AvgIpc) is 3.01. The molecule has 0 atom stereocenters. The Labute approximate surface area is 152 Å². The summed E-state index contributed by atoms with van der Waals surface area (Å²) in [7, 11) is 3.55. The van der Waals surface area contributed by atoms with Gasteiger partial charge < -0.3 is 14.6 Å². The summed E-state index contributed by atoms with van der Waals surface area (Å²) in [5.74, 6) is 1.97. The maximum atomic E-state index is 12.2. The number of carbonyl (C=O) groups excluding carboxylic acids is 1. The predicted molar refractivity (Wildman–Crippen MR) is 98.7 cm³/mol. The van der Waals surface area contributed by atoms with Gasteiger partial charge in [0.05, 0.1) is 12.9 Å². The van der Waals surface area contributed by atoms with Crippen LogP contribution < -0.4 is 10.1 Å². The second-order valence-corrected chi connectivity index (χ2v) is 7.23. The minimum atomic E-state index is 0.0721. The maximum absolute atomic E-state index is 12.2. The molecule has 1 aliphatic rings. The maximum Gasteiger partial charge on any atom is 0.230 e. The van der Waals surface area contributed by atoms with Gasteiger partial charge in [0.2, 0.25) is 5.91 Å². The summed E-state index contributed by atoms with van der Waals surface area (Å²) in [5.41, 5.74) is 0.938. The topological polar surface area (TPSA) is 69.0 Å². The third-order valence-electron chi connectivity index (χ3n) is 4.47. The normalized spacial score (nSPS) is 15.1. The molecule has 1 fully saturated rings. The highest BCUT2D eigenvalue weighted by Gasteiger charge is 2.17. The lowest BCUT2D eigenvalue weighted by Gasteiger charge is -2.22. The van der Waals surface area contributed by atoms with E-state index in [-0.39, 0.29) is 5.91 Å². The molecule has 1 N–H and O–H groups in total. The summed E-state index contributed by atoms with van der Waals surface area (Å²) >= 11 is 1.42. The molecule has 0 spiro atoms. The van der Waals surface area contributed by atoms with Crippen LogP contribution >= 0.6 is 11.8 Å². The van der Waals surface area contributed by atoms with Gasteiger partial charge in [-0.2, -0.15) is 0 Å². The van der Waals surface area contributed by atoms with E-state index in [4.69, 9.17) is 4.74 Å². The van der Waals surface area contributed by atoms with Gasteiger partial charge in [0.1, 0.15) is 5.75 Å². The molecule has 0 bridgehead atoms. The third kappa shape index (κ3) is 4.54. The first-order valence-electron chi connectivity index (χ1n) is 8.63. The van der Waals surface area contributed by atoms with E-state index < -0.39 is 0 Å². The number of benzene rings is 1. The highest BCUT2D eigenvalue weighted by molar-refractivity contribution is 7.99. The fourth-order valence-corrected chi connectivity index (χ4v) is 3.82. The number of methoxy groups -OCH3 is 1. The number of ether oxygens (including phenoxy) is 1. The van der Waals surface area contributed by atoms with Crippen molar-refractivity contribution in [2.75, 3.05) is 12.9 Å². The lowest BCUT2D eigenvalue weighted by molar-refractivity contribution is -0.119. The lowest BCUT2D eigenvalue weighted by atomic mass is 9.95. The summed E-state index contributed by atoms with van der Waals surface area (Å²) in [6.45, 7) is 0. The van der Waals surface area contributed by atoms with E-state index in [0.717, 1.165) is 35.1 Å². The zero-order valence-corrected chi connectivity index (χ0v) is 15.5. The molecule has 7 heteroatoms. The third-order valence-corrected chi connectivity index (χ3v) is 5.49. The summed E-state index contributed by atoms with van der Waals surface area (Å²) in [6.07, 6.45) is 5.91. The molecule has 134 valence electrons. The quantitative estimate of drug-likeness (QED) is 0.802. The first-order valence-corrected chi connectivity index (χ1v) is 9.62. The second kappa shape index (κ2) is 8.38. The first kappa shape index (κ1) is 17.8. The van der Waals surface area contributed by atoms with Crippen molar-refractivity contribution < 1.29 is 9.53 Å². The number of nitrogens with zero attached hydrogens (tertiary/aromatic N) is 3. The Morgan fingerprint density at radius 3 is 2.88 bits per heavy atom. The van der Waals surface area contributed by atoms with Crippen molar-refractivity contribution in [2.24, 2.45) is 7.05 Å². The molecule has 1 heterocycles. The van der Waals surface area contributed by atoms with E-state index in [1.807, 2.05) is 35.9 Å². The van der Waals surface area contributed by atoms with Crippen LogP contribution in [0.2, 0.25) is 0 Å². The molecule has 25 heavy (non-hydrogen) atoms. The summed E-state index contributed by atoms with van der Waals surface area (Å²) in [5, 5.41) is 12.3. The van der Waals surface area contributed by atoms with Crippen LogP contribution in [0.15, 0.2) is 29.4 Å². The van der Waals surface area contributed by atoms with Crippen LogP contribution in [0.5, 0.6) is 5.75 Å². The Morgan fingerprint density at radius 2 is 2.12 bits per heavy atom. The minimum Gasteiger partial charge on any atom is -0.497 e. The van der Waals surface area contributed by atoms with Crippen LogP contribution in [0.3, 0.4) is 0 Å². The fourth-order valence-electron chi connectivity index (χ4n) is 3.10. The number of amides is 1. The standard InChI is InChI=1S/C18H24N4O2S/c1-22-17(13-7-6-10-15(11-13)24-2)20-21-18(22)25-12-16(23)19-14-8-4-3-5-9-14/h6-7,10-11,14H,3-5,8-9,12H2,1-2H3,(H,19,23). The van der Waals surface area contributed by atoms with Gasteiger partial charge in [0.15, 0.2) is 11.0 Å². The van der Waals surface area contributed by atoms with Gasteiger partial charge in [-0.25, -0.2) is 0 Å². The average molecular weight is 360 g/mol. The zero-order valence-electron chi connectivity index (χ0n) is 14.7. The van der Waals surface area contributed by atoms with Crippen LogP contribution in [-0.2, 0) is 11.8 Å². The Morgan fingerprint density at radius 1 is 1.32 bits per heavy atom. The van der Waals surface area contributed by atoms with Crippen molar-refractivity contribution in [3.8, 4) is 17.1 Å². The highest BCUT2D eigenvalue weighted by Crippen LogP contribution is 2.25. The van der Waals surface area contributed by atoms with E-state index in [9.17, 15) is 4.79 Å². The number of hydrogen-bond acceptors (Lipinski definition) is 5. The largest absolute Gasteiger partial charge is 0.497 e. The number of aromatic nitrogens is 3. The highest BCUT2D eigenvalue weighted by atomic mass is 32.2. The molecular formula is C18H24N4O2S. The van der Waals surface area contributed by atoms with E-state index >= 15 is 0 Å². The van der Waals surface area contributed by atoms with Gasteiger partial charge >= 0.3 is 0 Å². The molecule has 1 aromatic carbocycles. The second-order valence-electron chi connectivity index (χ2n) is 6.29. The summed E-state index contributed by atoms with van der Waals surface area (Å²) < 4.78 is 7.17. The monoisotopic (exact) mass is 360 g/mol. The van der Waals surface area contributed by atoms with Crippen LogP contribution in [0.1, 0.15) is 32.1 Å². The Kier molecular flexibility index (Phi) is 5.96. The van der Waals surface area contributed by atoms with Crippen molar-refractivity contribution in [2.45, 2.75) is 43.3 Å². The SMILES string of the molecule is COc1cccc(-c2nnc(SCC(=O)NC3CCCCC3)n2C)c1. The van der Waals surface area contributed by atoms with Crippen molar-refractivity contribution in [1.29, 1.82) is 0 Å². The van der Waals surface area contributed by atoms with Crippen LogP contribution in [0.4, 0.5) is 0 Å². The lowest BCUT2D eigenvalue weighted by Crippen LogP contribution is -2.37. The first-order chi connectivity index (χ1) is 12.2. The molecule has 0 saturated heterocycles. The molecule has 0 unspecified atom stereocenters. The molecule has 2 aromatic rings. The smallest absolute Gasteiger partial charge is 0.230 e. The van der Waals surface area contributed by atoms with E-state index in [1.165, 1.54) is 31.0 Å². The molecule has 1 amide bonds. The molecule has 6 nitrogen and oxygen atoms in total. The Bertz CT molecular complexity index is 726. The molecule has 1 aliphatic carbocycles. The van der Waals surface area contributed by atoms with Crippen LogP contribution in [0, 0.1) is 0 Å². The molecular weight excluding hydrogens is 336 g/mol. The van der Waals surface area contributed by atoms with Gasteiger partial charge in [0.25, 0.3) is 0 Å². The Hall–Kier alpha value is -2.02.